The molecule has 0 aliphatic heterocycles. The summed E-state index contributed by atoms with van der Waals surface area (Å²) in [5, 5.41) is 0. The average molecular weight is 284 g/mol. The van der Waals surface area contributed by atoms with E-state index in [4.69, 9.17) is 5.73 Å². The number of rotatable bonds is 4. The van der Waals surface area contributed by atoms with Crippen LogP contribution < -0.4 is 10.6 Å². The van der Waals surface area contributed by atoms with Crippen LogP contribution in [-0.2, 0) is 13.1 Å². The number of anilines is 1. The quantitative estimate of drug-likeness (QED) is 0.801. The lowest BCUT2D eigenvalue weighted by Gasteiger charge is -2.18. The molecule has 2 N–H and O–H groups in total. The maximum Gasteiger partial charge on any atom is 0.152 e. The van der Waals surface area contributed by atoms with Crippen LogP contribution in [-0.4, -0.2) is 16.4 Å². The van der Waals surface area contributed by atoms with Crippen molar-refractivity contribution in [2.45, 2.75) is 13.1 Å². The first-order valence-electron chi connectivity index (χ1n) is 6.80. The molecule has 0 unspecified atom stereocenters. The van der Waals surface area contributed by atoms with Crippen molar-refractivity contribution in [1.29, 1.82) is 0 Å². The highest BCUT2D eigenvalue weighted by atomic mass is 19.1. The van der Waals surface area contributed by atoms with Gasteiger partial charge in [0.05, 0.1) is 5.69 Å². The lowest BCUT2D eigenvalue weighted by atomic mass is 10.2. The predicted molar refractivity (Wildman–Crippen MR) is 81.6 cm³/mol. The molecule has 0 radical (unpaired) electrons. The van der Waals surface area contributed by atoms with Crippen LogP contribution >= 0.6 is 0 Å². The van der Waals surface area contributed by atoms with E-state index < -0.39 is 0 Å². The van der Waals surface area contributed by atoms with Crippen LogP contribution in [0.25, 0.3) is 5.65 Å². The molecule has 0 bridgehead atoms. The normalized spacial score (nSPS) is 11.0. The summed E-state index contributed by atoms with van der Waals surface area (Å²) in [7, 11) is 1.96. The van der Waals surface area contributed by atoms with Crippen molar-refractivity contribution in [1.82, 2.24) is 9.38 Å². The first kappa shape index (κ1) is 13.6. The Morgan fingerprint density at radius 2 is 1.95 bits per heavy atom. The molecule has 0 saturated heterocycles. The molecule has 0 aliphatic carbocycles. The van der Waals surface area contributed by atoms with E-state index in [0.29, 0.717) is 13.1 Å². The number of hydrogen-bond donors (Lipinski definition) is 1. The molecule has 0 amide bonds. The van der Waals surface area contributed by atoms with Crippen molar-refractivity contribution in [3.63, 3.8) is 0 Å². The molecule has 108 valence electrons. The Hall–Kier alpha value is -2.40. The zero-order valence-electron chi connectivity index (χ0n) is 11.8. The molecule has 3 aromatic rings. The number of aromatic nitrogens is 2. The van der Waals surface area contributed by atoms with Gasteiger partial charge in [-0.15, -0.1) is 0 Å². The third-order valence-corrected chi connectivity index (χ3v) is 3.50. The van der Waals surface area contributed by atoms with Crippen molar-refractivity contribution in [3.8, 4) is 0 Å². The van der Waals surface area contributed by atoms with Crippen LogP contribution in [0.4, 0.5) is 10.2 Å². The van der Waals surface area contributed by atoms with Crippen molar-refractivity contribution in [2.24, 2.45) is 5.73 Å². The Bertz CT molecular complexity index is 749. The molecule has 1 aromatic carbocycles. The summed E-state index contributed by atoms with van der Waals surface area (Å²) >= 11 is 0. The fraction of sp³-hybridized carbons (Fsp3) is 0.188. The summed E-state index contributed by atoms with van der Waals surface area (Å²) < 4.78 is 15.0. The Morgan fingerprint density at radius 1 is 1.19 bits per heavy atom. The summed E-state index contributed by atoms with van der Waals surface area (Å²) in [4.78, 5) is 6.66. The summed E-state index contributed by atoms with van der Waals surface area (Å²) in [5.74, 6) is 0.629. The lowest BCUT2D eigenvalue weighted by molar-refractivity contribution is 0.627. The monoisotopic (exact) mass is 284 g/mol. The fourth-order valence-electron chi connectivity index (χ4n) is 2.47. The van der Waals surface area contributed by atoms with E-state index in [0.717, 1.165) is 22.7 Å². The number of imidazole rings is 1. The third-order valence-electron chi connectivity index (χ3n) is 3.50. The fourth-order valence-corrected chi connectivity index (χ4v) is 2.47. The second-order valence-electron chi connectivity index (χ2n) is 5.00. The molecule has 0 atom stereocenters. The van der Waals surface area contributed by atoms with Gasteiger partial charge < -0.3 is 15.0 Å². The van der Waals surface area contributed by atoms with Crippen LogP contribution in [0.3, 0.4) is 0 Å². The summed E-state index contributed by atoms with van der Waals surface area (Å²) in [6.07, 6.45) is 1.96. The Kier molecular flexibility index (Phi) is 3.58. The molecule has 0 aliphatic rings. The maximum atomic E-state index is 13.0. The van der Waals surface area contributed by atoms with Gasteiger partial charge in [0, 0.05) is 26.3 Å². The van der Waals surface area contributed by atoms with E-state index in [9.17, 15) is 4.39 Å². The highest BCUT2D eigenvalue weighted by Crippen LogP contribution is 2.22. The van der Waals surface area contributed by atoms with Gasteiger partial charge in [-0.05, 0) is 29.8 Å². The van der Waals surface area contributed by atoms with E-state index in [1.54, 1.807) is 12.1 Å². The van der Waals surface area contributed by atoms with Gasteiger partial charge in [-0.1, -0.05) is 18.2 Å². The largest absolute Gasteiger partial charge is 0.354 e. The van der Waals surface area contributed by atoms with Gasteiger partial charge in [-0.3, -0.25) is 0 Å². The molecule has 2 heterocycles. The summed E-state index contributed by atoms with van der Waals surface area (Å²) in [5.41, 5.74) is 8.74. The molecule has 0 fully saturated rings. The molecular formula is C16H17FN4. The summed E-state index contributed by atoms with van der Waals surface area (Å²) in [6.45, 7) is 1.06. The minimum Gasteiger partial charge on any atom is -0.354 e. The molecule has 0 spiro atoms. The zero-order valence-corrected chi connectivity index (χ0v) is 11.8. The Labute approximate surface area is 122 Å². The first-order valence-corrected chi connectivity index (χ1v) is 6.80. The van der Waals surface area contributed by atoms with Gasteiger partial charge >= 0.3 is 0 Å². The molecular weight excluding hydrogens is 267 g/mol. The Morgan fingerprint density at radius 3 is 2.67 bits per heavy atom. The maximum absolute atomic E-state index is 13.0. The molecule has 21 heavy (non-hydrogen) atoms. The number of fused-ring (bicyclic) bond motifs is 1. The van der Waals surface area contributed by atoms with E-state index in [1.807, 2.05) is 40.7 Å². The van der Waals surface area contributed by atoms with E-state index in [1.165, 1.54) is 12.1 Å². The molecule has 3 rings (SSSR count). The van der Waals surface area contributed by atoms with Gasteiger partial charge in [-0.25, -0.2) is 9.37 Å². The van der Waals surface area contributed by atoms with Crippen LogP contribution in [0.2, 0.25) is 0 Å². The molecule has 5 heteroatoms. The highest BCUT2D eigenvalue weighted by molar-refractivity contribution is 5.55. The number of benzene rings is 1. The third kappa shape index (κ3) is 2.60. The predicted octanol–water partition coefficient (Wildman–Crippen LogP) is 2.57. The van der Waals surface area contributed by atoms with Crippen LogP contribution in [0.1, 0.15) is 11.3 Å². The minimum absolute atomic E-state index is 0.225. The zero-order chi connectivity index (χ0) is 14.8. The van der Waals surface area contributed by atoms with Gasteiger partial charge in [0.15, 0.2) is 5.82 Å². The Balaban J connectivity index is 1.93. The SMILES string of the molecule is CN(Cc1ccc(F)cc1)c1nc2ccccn2c1CN. The topological polar surface area (TPSA) is 46.6 Å². The molecule has 2 aromatic heterocycles. The van der Waals surface area contributed by atoms with Crippen molar-refractivity contribution < 1.29 is 4.39 Å². The number of pyridine rings is 1. The van der Waals surface area contributed by atoms with E-state index in [2.05, 4.69) is 4.98 Å². The molecule has 4 nitrogen and oxygen atoms in total. The first-order chi connectivity index (χ1) is 10.2. The second kappa shape index (κ2) is 5.54. The number of nitrogens with two attached hydrogens (primary N) is 1. The van der Waals surface area contributed by atoms with Crippen molar-refractivity contribution >= 4 is 11.5 Å². The van der Waals surface area contributed by atoms with E-state index in [-0.39, 0.29) is 5.82 Å². The number of halogens is 1. The van der Waals surface area contributed by atoms with Crippen molar-refractivity contribution in [3.05, 3.63) is 65.7 Å². The molecule has 0 saturated carbocycles. The van der Waals surface area contributed by atoms with Crippen LogP contribution in [0.15, 0.2) is 48.7 Å². The highest BCUT2D eigenvalue weighted by Gasteiger charge is 2.14. The number of hydrogen-bond acceptors (Lipinski definition) is 3. The average Bonchev–Trinajstić information content (AvgIpc) is 2.88. The van der Waals surface area contributed by atoms with Gasteiger partial charge in [0.25, 0.3) is 0 Å². The van der Waals surface area contributed by atoms with Crippen LogP contribution in [0, 0.1) is 5.82 Å². The summed E-state index contributed by atoms with van der Waals surface area (Å²) in [6, 6.07) is 12.4. The lowest BCUT2D eigenvalue weighted by Crippen LogP contribution is -2.19. The van der Waals surface area contributed by atoms with Crippen molar-refractivity contribution in [2.75, 3.05) is 11.9 Å². The van der Waals surface area contributed by atoms with Gasteiger partial charge in [0.2, 0.25) is 0 Å². The number of nitrogens with zero attached hydrogens (tertiary/aromatic N) is 3. The smallest absolute Gasteiger partial charge is 0.152 e. The standard InChI is InChI=1S/C16H17FN4/c1-20(11-12-5-7-13(17)8-6-12)16-14(10-18)21-9-3-2-4-15(21)19-16/h2-9H,10-11,18H2,1H3. The van der Waals surface area contributed by atoms with Gasteiger partial charge in [-0.2, -0.15) is 0 Å². The van der Waals surface area contributed by atoms with Gasteiger partial charge in [0.1, 0.15) is 11.5 Å². The minimum atomic E-state index is -0.225. The van der Waals surface area contributed by atoms with E-state index >= 15 is 0 Å². The van der Waals surface area contributed by atoms with Crippen LogP contribution in [0.5, 0.6) is 0 Å². The second-order valence-corrected chi connectivity index (χ2v) is 5.00.